The summed E-state index contributed by atoms with van der Waals surface area (Å²) in [5.41, 5.74) is 0.760. The van der Waals surface area contributed by atoms with Gasteiger partial charge in [-0.05, 0) is 26.9 Å². The van der Waals surface area contributed by atoms with Gasteiger partial charge in [-0.15, -0.1) is 11.3 Å². The average Bonchev–Trinajstić information content (AvgIpc) is 2.91. The van der Waals surface area contributed by atoms with Gasteiger partial charge in [0.05, 0.1) is 0 Å². The van der Waals surface area contributed by atoms with Gasteiger partial charge in [0.2, 0.25) is 0 Å². The predicted octanol–water partition coefficient (Wildman–Crippen LogP) is 1.35. The quantitative estimate of drug-likeness (QED) is 0.839. The summed E-state index contributed by atoms with van der Waals surface area (Å²) >= 11 is 1.73. The van der Waals surface area contributed by atoms with E-state index in [0.29, 0.717) is 6.42 Å². The molecule has 0 unspecified atom stereocenters. The van der Waals surface area contributed by atoms with Gasteiger partial charge in [-0.3, -0.25) is 9.69 Å². The molecule has 21 heavy (non-hydrogen) atoms. The molecule has 1 aromatic rings. The molecule has 3 rings (SSSR count). The van der Waals surface area contributed by atoms with E-state index in [0.717, 1.165) is 62.9 Å². The Morgan fingerprint density at radius 3 is 2.62 bits per heavy atom. The summed E-state index contributed by atoms with van der Waals surface area (Å²) in [5, 5.41) is 1.06. The Labute approximate surface area is 130 Å². The van der Waals surface area contributed by atoms with Crippen LogP contribution in [0.4, 0.5) is 5.13 Å². The van der Waals surface area contributed by atoms with Gasteiger partial charge in [0.1, 0.15) is 5.69 Å². The number of ketones is 1. The Bertz CT molecular complexity index is 506. The first-order valence-corrected chi connectivity index (χ1v) is 8.60. The van der Waals surface area contributed by atoms with E-state index in [1.165, 1.54) is 4.88 Å². The minimum absolute atomic E-state index is 0.239. The first kappa shape index (κ1) is 14.9. The van der Waals surface area contributed by atoms with Crippen molar-refractivity contribution in [3.8, 4) is 0 Å². The molecule has 1 saturated heterocycles. The van der Waals surface area contributed by atoms with Crippen LogP contribution in [0.1, 0.15) is 28.2 Å². The maximum absolute atomic E-state index is 11.9. The number of hydrogen-bond donors (Lipinski definition) is 0. The molecule has 0 atom stereocenters. The van der Waals surface area contributed by atoms with Crippen LogP contribution in [0.15, 0.2) is 0 Å². The third kappa shape index (κ3) is 3.44. The number of thiazole rings is 1. The van der Waals surface area contributed by atoms with E-state index in [-0.39, 0.29) is 5.78 Å². The molecular weight excluding hydrogens is 284 g/mol. The number of anilines is 1. The highest BCUT2D eigenvalue weighted by Gasteiger charge is 2.26. The van der Waals surface area contributed by atoms with Crippen molar-refractivity contribution >= 4 is 22.3 Å². The van der Waals surface area contributed by atoms with Crippen molar-refractivity contribution in [2.24, 2.45) is 0 Å². The highest BCUT2D eigenvalue weighted by atomic mass is 32.1. The Morgan fingerprint density at radius 2 is 1.95 bits per heavy atom. The van der Waals surface area contributed by atoms with Crippen LogP contribution in [0.25, 0.3) is 0 Å². The molecule has 1 fully saturated rings. The normalized spacial score (nSPS) is 20.1. The lowest BCUT2D eigenvalue weighted by Crippen LogP contribution is -2.48. The van der Waals surface area contributed by atoms with Crippen LogP contribution < -0.4 is 4.90 Å². The van der Waals surface area contributed by atoms with E-state index >= 15 is 0 Å². The Morgan fingerprint density at radius 1 is 1.19 bits per heavy atom. The summed E-state index contributed by atoms with van der Waals surface area (Å²) in [6.45, 7) is 6.47. The molecule has 0 amide bonds. The minimum Gasteiger partial charge on any atom is -0.346 e. The number of aromatic nitrogens is 1. The van der Waals surface area contributed by atoms with Crippen molar-refractivity contribution in [2.75, 3.05) is 58.3 Å². The third-order valence-corrected chi connectivity index (χ3v) is 5.44. The molecule has 0 bridgehead atoms. The lowest BCUT2D eigenvalue weighted by atomic mass is 10.0. The number of carbonyl (C=O) groups excluding carboxylic acids is 1. The zero-order valence-electron chi connectivity index (χ0n) is 13.0. The first-order valence-electron chi connectivity index (χ1n) is 7.78. The fourth-order valence-corrected chi connectivity index (χ4v) is 4.07. The average molecular weight is 308 g/mol. The number of aryl methyl sites for hydroxylation is 1. The molecule has 0 radical (unpaired) electrons. The SMILES string of the molecule is CN(C)CCN1CCN(c2nc3c(s2)CCCC3=O)CC1. The molecule has 0 saturated carbocycles. The van der Waals surface area contributed by atoms with Gasteiger partial charge in [-0.2, -0.15) is 0 Å². The van der Waals surface area contributed by atoms with Crippen molar-refractivity contribution < 1.29 is 4.79 Å². The number of rotatable bonds is 4. The van der Waals surface area contributed by atoms with Crippen molar-refractivity contribution in [1.29, 1.82) is 0 Å². The Kier molecular flexibility index (Phi) is 4.57. The van der Waals surface area contributed by atoms with E-state index < -0.39 is 0 Å². The molecule has 2 heterocycles. The van der Waals surface area contributed by atoms with Crippen LogP contribution in [0.2, 0.25) is 0 Å². The number of Topliss-reactive ketones (excluding diaryl/α,β-unsaturated/α-hetero) is 1. The summed E-state index contributed by atoms with van der Waals surface area (Å²) in [5.74, 6) is 0.239. The van der Waals surface area contributed by atoms with Crippen molar-refractivity contribution in [3.63, 3.8) is 0 Å². The number of nitrogens with zero attached hydrogens (tertiary/aromatic N) is 4. The molecule has 1 aromatic heterocycles. The smallest absolute Gasteiger partial charge is 0.186 e. The zero-order valence-corrected chi connectivity index (χ0v) is 13.8. The van der Waals surface area contributed by atoms with Gasteiger partial charge in [0.25, 0.3) is 0 Å². The van der Waals surface area contributed by atoms with Gasteiger partial charge in [-0.25, -0.2) is 4.98 Å². The van der Waals surface area contributed by atoms with Crippen LogP contribution >= 0.6 is 11.3 Å². The lowest BCUT2D eigenvalue weighted by molar-refractivity contribution is 0.0968. The van der Waals surface area contributed by atoms with E-state index in [9.17, 15) is 4.79 Å². The molecule has 0 spiro atoms. The van der Waals surface area contributed by atoms with Gasteiger partial charge in [-0.1, -0.05) is 0 Å². The second kappa shape index (κ2) is 6.42. The van der Waals surface area contributed by atoms with Crippen molar-refractivity contribution in [2.45, 2.75) is 19.3 Å². The molecule has 6 heteroatoms. The van der Waals surface area contributed by atoms with Gasteiger partial charge in [0.15, 0.2) is 10.9 Å². The number of piperazine rings is 1. The largest absolute Gasteiger partial charge is 0.346 e. The second-order valence-electron chi connectivity index (χ2n) is 6.18. The molecule has 5 nitrogen and oxygen atoms in total. The number of carbonyl (C=O) groups is 1. The van der Waals surface area contributed by atoms with Crippen molar-refractivity contribution in [3.05, 3.63) is 10.6 Å². The first-order chi connectivity index (χ1) is 10.1. The van der Waals surface area contributed by atoms with Crippen molar-refractivity contribution in [1.82, 2.24) is 14.8 Å². The number of fused-ring (bicyclic) bond motifs is 1. The lowest BCUT2D eigenvalue weighted by Gasteiger charge is -2.35. The topological polar surface area (TPSA) is 39.7 Å². The van der Waals surface area contributed by atoms with Crippen LogP contribution in [0.3, 0.4) is 0 Å². The van der Waals surface area contributed by atoms with E-state index in [2.05, 4.69) is 33.8 Å². The fraction of sp³-hybridized carbons (Fsp3) is 0.733. The third-order valence-electron chi connectivity index (χ3n) is 4.26. The number of likely N-dealkylation sites (N-methyl/N-ethyl adjacent to an activating group) is 1. The van der Waals surface area contributed by atoms with Crippen LogP contribution in [0.5, 0.6) is 0 Å². The maximum atomic E-state index is 11.9. The Hall–Kier alpha value is -0.980. The molecule has 0 aromatic carbocycles. The second-order valence-corrected chi connectivity index (χ2v) is 7.24. The molecule has 116 valence electrons. The molecule has 1 aliphatic heterocycles. The van der Waals surface area contributed by atoms with E-state index in [1.807, 2.05) is 0 Å². The maximum Gasteiger partial charge on any atom is 0.186 e. The van der Waals surface area contributed by atoms with Crippen LogP contribution in [-0.2, 0) is 6.42 Å². The van der Waals surface area contributed by atoms with Gasteiger partial charge < -0.3 is 9.80 Å². The van der Waals surface area contributed by atoms with Gasteiger partial charge in [0, 0.05) is 50.6 Å². The molecule has 0 N–H and O–H groups in total. The minimum atomic E-state index is 0.239. The molecular formula is C15H24N4OS. The van der Waals surface area contributed by atoms with E-state index in [4.69, 9.17) is 0 Å². The highest BCUT2D eigenvalue weighted by Crippen LogP contribution is 2.32. The van der Waals surface area contributed by atoms with E-state index in [1.54, 1.807) is 11.3 Å². The van der Waals surface area contributed by atoms with Crippen LogP contribution in [0, 0.1) is 0 Å². The summed E-state index contributed by atoms with van der Waals surface area (Å²) in [7, 11) is 4.24. The standard InChI is InChI=1S/C15H24N4OS/c1-17(2)6-7-18-8-10-19(11-9-18)15-16-14-12(20)4-3-5-13(14)21-15/h3-11H2,1-2H3. The monoisotopic (exact) mass is 308 g/mol. The highest BCUT2D eigenvalue weighted by molar-refractivity contribution is 7.16. The zero-order chi connectivity index (χ0) is 14.8. The summed E-state index contributed by atoms with van der Waals surface area (Å²) in [6, 6.07) is 0. The number of hydrogen-bond acceptors (Lipinski definition) is 6. The summed E-state index contributed by atoms with van der Waals surface area (Å²) < 4.78 is 0. The van der Waals surface area contributed by atoms with Gasteiger partial charge >= 0.3 is 0 Å². The predicted molar refractivity (Wildman–Crippen MR) is 86.6 cm³/mol. The Balaban J connectivity index is 1.58. The summed E-state index contributed by atoms with van der Waals surface area (Å²) in [6.07, 6.45) is 2.70. The molecule has 1 aliphatic carbocycles. The summed E-state index contributed by atoms with van der Waals surface area (Å²) in [4.78, 5) is 24.8. The fourth-order valence-electron chi connectivity index (χ4n) is 2.89. The van der Waals surface area contributed by atoms with Crippen LogP contribution in [-0.4, -0.2) is 73.9 Å². The molecule has 2 aliphatic rings.